The van der Waals surface area contributed by atoms with Crippen LogP contribution in [0.1, 0.15) is 17.1 Å². The third-order valence-electron chi connectivity index (χ3n) is 3.69. The predicted octanol–water partition coefficient (Wildman–Crippen LogP) is 2.57. The topological polar surface area (TPSA) is 62.3 Å². The fourth-order valence-corrected chi connectivity index (χ4v) is 3.33. The second-order valence-corrected chi connectivity index (χ2v) is 6.91. The van der Waals surface area contributed by atoms with Gasteiger partial charge in [-0.3, -0.25) is 9.59 Å². The van der Waals surface area contributed by atoms with Crippen molar-refractivity contribution in [3.8, 4) is 0 Å². The minimum atomic E-state index is -0.474. The molecule has 1 aliphatic rings. The molecule has 3 rings (SSSR count). The number of carbonyl (C=O) groups is 2. The summed E-state index contributed by atoms with van der Waals surface area (Å²) in [6.45, 7) is 2.48. The summed E-state index contributed by atoms with van der Waals surface area (Å²) >= 11 is 7.38. The Morgan fingerprint density at radius 3 is 2.83 bits per heavy atom. The molecule has 7 heteroatoms. The number of nitrogens with zero attached hydrogens (tertiary/aromatic N) is 2. The lowest BCUT2D eigenvalue weighted by Gasteiger charge is -2.17. The van der Waals surface area contributed by atoms with Gasteiger partial charge in [-0.05, 0) is 37.6 Å². The number of anilines is 1. The molecule has 0 aliphatic carbocycles. The lowest BCUT2D eigenvalue weighted by Crippen LogP contribution is -2.42. The fourth-order valence-electron chi connectivity index (χ4n) is 2.59. The van der Waals surface area contributed by atoms with E-state index in [9.17, 15) is 9.59 Å². The van der Waals surface area contributed by atoms with E-state index in [-0.39, 0.29) is 18.2 Å². The number of thiazole rings is 1. The SMILES string of the molecule is Cc1nc(CC(=O)NC2CCN(c3ccc(Cl)cc3)C2=O)cs1. The Hall–Kier alpha value is -1.92. The molecule has 2 heterocycles. The van der Waals surface area contributed by atoms with E-state index in [2.05, 4.69) is 10.3 Å². The fraction of sp³-hybridized carbons (Fsp3) is 0.312. The molecule has 0 spiro atoms. The molecule has 120 valence electrons. The van der Waals surface area contributed by atoms with Crippen LogP contribution < -0.4 is 10.2 Å². The van der Waals surface area contributed by atoms with Gasteiger partial charge in [0.25, 0.3) is 0 Å². The molecule has 2 amide bonds. The van der Waals surface area contributed by atoms with Crippen LogP contribution in [0.25, 0.3) is 0 Å². The zero-order valence-corrected chi connectivity index (χ0v) is 14.2. The number of rotatable bonds is 4. The molecular weight excluding hydrogens is 334 g/mol. The molecule has 5 nitrogen and oxygen atoms in total. The number of amides is 2. The summed E-state index contributed by atoms with van der Waals surface area (Å²) < 4.78 is 0. The summed E-state index contributed by atoms with van der Waals surface area (Å²) in [4.78, 5) is 30.5. The second-order valence-electron chi connectivity index (χ2n) is 5.41. The van der Waals surface area contributed by atoms with E-state index >= 15 is 0 Å². The highest BCUT2D eigenvalue weighted by Gasteiger charge is 2.33. The summed E-state index contributed by atoms with van der Waals surface area (Å²) in [6.07, 6.45) is 0.804. The monoisotopic (exact) mass is 349 g/mol. The minimum Gasteiger partial charge on any atom is -0.344 e. The smallest absolute Gasteiger partial charge is 0.249 e. The highest BCUT2D eigenvalue weighted by atomic mass is 35.5. The van der Waals surface area contributed by atoms with Gasteiger partial charge in [-0.2, -0.15) is 0 Å². The van der Waals surface area contributed by atoms with Crippen molar-refractivity contribution in [1.29, 1.82) is 0 Å². The van der Waals surface area contributed by atoms with Gasteiger partial charge in [0, 0.05) is 22.6 Å². The molecule has 1 fully saturated rings. The van der Waals surface area contributed by atoms with E-state index < -0.39 is 6.04 Å². The maximum Gasteiger partial charge on any atom is 0.249 e. The zero-order valence-electron chi connectivity index (χ0n) is 12.6. The second kappa shape index (κ2) is 6.68. The Morgan fingerprint density at radius 1 is 1.43 bits per heavy atom. The third kappa shape index (κ3) is 3.71. The number of halogens is 1. The Kier molecular flexibility index (Phi) is 4.63. The maximum atomic E-state index is 12.4. The first-order chi connectivity index (χ1) is 11.0. The van der Waals surface area contributed by atoms with Gasteiger partial charge in [0.05, 0.1) is 17.1 Å². The van der Waals surface area contributed by atoms with Crippen LogP contribution in [-0.4, -0.2) is 29.4 Å². The normalized spacial score (nSPS) is 17.6. The molecule has 23 heavy (non-hydrogen) atoms. The maximum absolute atomic E-state index is 12.4. The van der Waals surface area contributed by atoms with E-state index in [0.717, 1.165) is 16.4 Å². The molecule has 0 radical (unpaired) electrons. The molecule has 1 N–H and O–H groups in total. The van der Waals surface area contributed by atoms with Gasteiger partial charge >= 0.3 is 0 Å². The van der Waals surface area contributed by atoms with Crippen molar-refractivity contribution in [2.24, 2.45) is 0 Å². The van der Waals surface area contributed by atoms with Crippen LogP contribution in [-0.2, 0) is 16.0 Å². The summed E-state index contributed by atoms with van der Waals surface area (Å²) in [6, 6.07) is 6.64. The van der Waals surface area contributed by atoms with E-state index in [1.54, 1.807) is 17.0 Å². The van der Waals surface area contributed by atoms with Gasteiger partial charge in [-0.15, -0.1) is 11.3 Å². The van der Waals surface area contributed by atoms with E-state index in [0.29, 0.717) is 18.0 Å². The van der Waals surface area contributed by atoms with Crippen LogP contribution in [0.15, 0.2) is 29.6 Å². The van der Waals surface area contributed by atoms with Crippen molar-refractivity contribution in [2.45, 2.75) is 25.8 Å². The van der Waals surface area contributed by atoms with Crippen molar-refractivity contribution in [2.75, 3.05) is 11.4 Å². The Labute approximate surface area is 143 Å². The number of aromatic nitrogens is 1. The van der Waals surface area contributed by atoms with E-state index in [1.807, 2.05) is 24.4 Å². The first-order valence-corrected chi connectivity index (χ1v) is 8.56. The number of hydrogen-bond acceptors (Lipinski definition) is 4. The largest absolute Gasteiger partial charge is 0.344 e. The molecule has 1 atom stereocenters. The summed E-state index contributed by atoms with van der Waals surface area (Å²) in [5, 5.41) is 6.23. The highest BCUT2D eigenvalue weighted by Crippen LogP contribution is 2.23. The third-order valence-corrected chi connectivity index (χ3v) is 4.76. The number of nitrogens with one attached hydrogen (secondary N) is 1. The van der Waals surface area contributed by atoms with Crippen LogP contribution in [0.4, 0.5) is 5.69 Å². The number of benzene rings is 1. The van der Waals surface area contributed by atoms with E-state index in [4.69, 9.17) is 11.6 Å². The molecule has 1 aliphatic heterocycles. The summed E-state index contributed by atoms with van der Waals surface area (Å²) in [5.74, 6) is -0.262. The molecule has 1 aromatic heterocycles. The molecule has 0 bridgehead atoms. The van der Waals surface area contributed by atoms with Gasteiger partial charge in [-0.1, -0.05) is 11.6 Å². The van der Waals surface area contributed by atoms with Gasteiger partial charge < -0.3 is 10.2 Å². The molecule has 0 saturated carbocycles. The van der Waals surface area contributed by atoms with Crippen molar-refractivity contribution in [3.63, 3.8) is 0 Å². The van der Waals surface area contributed by atoms with Crippen molar-refractivity contribution >= 4 is 40.4 Å². The zero-order chi connectivity index (χ0) is 16.4. The summed E-state index contributed by atoms with van der Waals surface area (Å²) in [7, 11) is 0. The minimum absolute atomic E-state index is 0.0878. The van der Waals surface area contributed by atoms with Gasteiger partial charge in [0.15, 0.2) is 0 Å². The quantitative estimate of drug-likeness (QED) is 0.922. The van der Waals surface area contributed by atoms with Crippen molar-refractivity contribution < 1.29 is 9.59 Å². The van der Waals surface area contributed by atoms with Crippen LogP contribution in [0, 0.1) is 6.92 Å². The number of aryl methyl sites for hydroxylation is 1. The van der Waals surface area contributed by atoms with Crippen LogP contribution in [0.5, 0.6) is 0 Å². The lowest BCUT2D eigenvalue weighted by molar-refractivity contribution is -0.126. The molecular formula is C16H16ClN3O2S. The Balaban J connectivity index is 1.60. The van der Waals surface area contributed by atoms with Crippen LogP contribution in [0.2, 0.25) is 5.02 Å². The highest BCUT2D eigenvalue weighted by molar-refractivity contribution is 7.09. The van der Waals surface area contributed by atoms with Gasteiger partial charge in [0.1, 0.15) is 6.04 Å². The van der Waals surface area contributed by atoms with Gasteiger partial charge in [0.2, 0.25) is 11.8 Å². The van der Waals surface area contributed by atoms with E-state index in [1.165, 1.54) is 11.3 Å². The Bertz CT molecular complexity index is 729. The molecule has 1 saturated heterocycles. The molecule has 2 aromatic rings. The van der Waals surface area contributed by atoms with Crippen molar-refractivity contribution in [3.05, 3.63) is 45.4 Å². The van der Waals surface area contributed by atoms with Crippen LogP contribution >= 0.6 is 22.9 Å². The molecule has 1 unspecified atom stereocenters. The average molecular weight is 350 g/mol. The lowest BCUT2D eigenvalue weighted by atomic mass is 10.2. The Morgan fingerprint density at radius 2 is 2.17 bits per heavy atom. The van der Waals surface area contributed by atoms with Crippen LogP contribution in [0.3, 0.4) is 0 Å². The first-order valence-electron chi connectivity index (χ1n) is 7.30. The first kappa shape index (κ1) is 16.0. The van der Waals surface area contributed by atoms with Crippen molar-refractivity contribution in [1.82, 2.24) is 10.3 Å². The summed E-state index contributed by atoms with van der Waals surface area (Å²) in [5.41, 5.74) is 1.54. The van der Waals surface area contributed by atoms with Gasteiger partial charge in [-0.25, -0.2) is 4.98 Å². The number of hydrogen-bond donors (Lipinski definition) is 1. The molecule has 1 aromatic carbocycles. The predicted molar refractivity (Wildman–Crippen MR) is 90.9 cm³/mol. The average Bonchev–Trinajstić information content (AvgIpc) is 3.07. The standard InChI is InChI=1S/C16H16ClN3O2S/c1-10-18-12(9-23-10)8-15(21)19-14-6-7-20(16(14)22)13-4-2-11(17)3-5-13/h2-5,9,14H,6-8H2,1H3,(H,19,21). The number of carbonyl (C=O) groups excluding carboxylic acids is 2.